The Labute approximate surface area is 256 Å². The summed E-state index contributed by atoms with van der Waals surface area (Å²) in [5.74, 6) is -5.48. The van der Waals surface area contributed by atoms with Gasteiger partial charge in [-0.3, -0.25) is 33.3 Å². The first-order valence-electron chi connectivity index (χ1n) is 13.1. The average molecular weight is 674 g/mol. The van der Waals surface area contributed by atoms with Crippen molar-refractivity contribution in [3.05, 3.63) is 0 Å². The van der Waals surface area contributed by atoms with E-state index in [1.165, 1.54) is 0 Å². The minimum absolute atomic E-state index is 0.702. The number of ether oxygens (including phenoxy) is 8. The SMILES string of the molecule is CC(=O)NC1C(OC(C)=O)[C@H](O[C@@H]2OC(COS(=O)(=O)O)[C@H](OC(C)=O)[C@H](OC(C)=O)C2OC(C)=O)[C@H](CO)O[C@H]1OC(C)=O. The first-order chi connectivity index (χ1) is 20.8. The molecule has 2 aliphatic rings. The molecule has 0 aromatic heterocycles. The van der Waals surface area contributed by atoms with Gasteiger partial charge in [0.05, 0.1) is 13.2 Å². The monoisotopic (exact) mass is 673 g/mol. The summed E-state index contributed by atoms with van der Waals surface area (Å²) in [7, 11) is -5.11. The molecule has 256 valence electrons. The summed E-state index contributed by atoms with van der Waals surface area (Å²) in [6.07, 6.45) is -15.4. The van der Waals surface area contributed by atoms with Crippen LogP contribution in [0.4, 0.5) is 0 Å². The third-order valence-corrected chi connectivity index (χ3v) is 6.38. The molecule has 21 heteroatoms. The van der Waals surface area contributed by atoms with Gasteiger partial charge in [0.2, 0.25) is 12.2 Å². The Hall–Kier alpha value is -3.47. The fraction of sp³-hybridized carbons (Fsp3) is 0.750. The summed E-state index contributed by atoms with van der Waals surface area (Å²) in [6, 6.07) is -1.46. The lowest BCUT2D eigenvalue weighted by Crippen LogP contribution is -2.69. The quantitative estimate of drug-likeness (QED) is 0.109. The largest absolute Gasteiger partial charge is 0.457 e. The Kier molecular flexibility index (Phi) is 13.6. The van der Waals surface area contributed by atoms with Crippen LogP contribution in [-0.2, 0) is 81.2 Å². The van der Waals surface area contributed by atoms with Gasteiger partial charge in [-0.1, -0.05) is 0 Å². The standard InChI is InChI=1S/C24H35NO19S/c1-9(27)25-17-20(38-11(3)29)18(15(7-26)42-23(17)41-14(6)32)44-24-22(40-13(5)31)21(39-12(4)30)19(37-10(2)28)16(43-24)8-36-45(33,34)35/h15-24,26H,7-8H2,1-6H3,(H,25,27)(H,33,34,35)/t15-,16?,17?,18+,19-,20?,21-,22?,23+,24-/m0/s1. The lowest BCUT2D eigenvalue weighted by Gasteiger charge is -2.48. The zero-order valence-corrected chi connectivity index (χ0v) is 25.7. The van der Waals surface area contributed by atoms with E-state index in [1.807, 2.05) is 0 Å². The number of carbonyl (C=O) groups excluding carboxylic acids is 6. The summed E-state index contributed by atoms with van der Waals surface area (Å²) in [6.45, 7) is 4.00. The summed E-state index contributed by atoms with van der Waals surface area (Å²) < 4.78 is 79.9. The normalized spacial score (nSPS) is 31.6. The summed E-state index contributed by atoms with van der Waals surface area (Å²) in [5.41, 5.74) is 0. The fourth-order valence-electron chi connectivity index (χ4n) is 4.61. The van der Waals surface area contributed by atoms with Crippen molar-refractivity contribution in [3.63, 3.8) is 0 Å². The van der Waals surface area contributed by atoms with Crippen LogP contribution in [0.2, 0.25) is 0 Å². The molecule has 4 unspecified atom stereocenters. The Morgan fingerprint density at radius 3 is 1.58 bits per heavy atom. The van der Waals surface area contributed by atoms with Crippen LogP contribution in [0.3, 0.4) is 0 Å². The van der Waals surface area contributed by atoms with Crippen molar-refractivity contribution in [2.24, 2.45) is 0 Å². The predicted molar refractivity (Wildman–Crippen MR) is 138 cm³/mol. The van der Waals surface area contributed by atoms with Crippen molar-refractivity contribution in [2.45, 2.75) is 103 Å². The van der Waals surface area contributed by atoms with E-state index in [1.54, 1.807) is 0 Å². The van der Waals surface area contributed by atoms with Crippen molar-refractivity contribution in [1.82, 2.24) is 5.32 Å². The van der Waals surface area contributed by atoms with E-state index in [-0.39, 0.29) is 0 Å². The van der Waals surface area contributed by atoms with Crippen LogP contribution in [0.1, 0.15) is 41.5 Å². The third-order valence-electron chi connectivity index (χ3n) is 5.95. The summed E-state index contributed by atoms with van der Waals surface area (Å²) in [5, 5.41) is 12.6. The molecule has 0 bridgehead atoms. The van der Waals surface area contributed by atoms with Gasteiger partial charge in [-0.15, -0.1) is 0 Å². The van der Waals surface area contributed by atoms with Crippen LogP contribution in [0.15, 0.2) is 0 Å². The van der Waals surface area contributed by atoms with E-state index in [0.717, 1.165) is 41.5 Å². The molecule has 20 nitrogen and oxygen atoms in total. The molecule has 2 fully saturated rings. The molecule has 0 radical (unpaired) electrons. The fourth-order valence-corrected chi connectivity index (χ4v) is 4.91. The van der Waals surface area contributed by atoms with E-state index in [2.05, 4.69) is 9.50 Å². The Morgan fingerprint density at radius 2 is 1.11 bits per heavy atom. The highest BCUT2D eigenvalue weighted by atomic mass is 32.3. The second-order valence-corrected chi connectivity index (χ2v) is 10.8. The van der Waals surface area contributed by atoms with E-state index < -0.39 is 121 Å². The first-order valence-corrected chi connectivity index (χ1v) is 14.5. The lowest BCUT2D eigenvalue weighted by molar-refractivity contribution is -0.347. The molecule has 2 aliphatic heterocycles. The Balaban J connectivity index is 2.68. The van der Waals surface area contributed by atoms with E-state index >= 15 is 0 Å². The van der Waals surface area contributed by atoms with Gasteiger partial charge in [0.15, 0.2) is 30.7 Å². The molecular weight excluding hydrogens is 638 g/mol. The summed E-state index contributed by atoms with van der Waals surface area (Å²) in [4.78, 5) is 72.2. The average Bonchev–Trinajstić information content (AvgIpc) is 2.87. The third kappa shape index (κ3) is 11.4. The summed E-state index contributed by atoms with van der Waals surface area (Å²) >= 11 is 0. The highest BCUT2D eigenvalue weighted by Gasteiger charge is 2.57. The maximum Gasteiger partial charge on any atom is 0.397 e. The second-order valence-electron chi connectivity index (χ2n) is 9.71. The van der Waals surface area contributed by atoms with E-state index in [9.17, 15) is 42.3 Å². The van der Waals surface area contributed by atoms with Gasteiger partial charge in [-0.25, -0.2) is 4.18 Å². The molecule has 0 aromatic rings. The predicted octanol–water partition coefficient (Wildman–Crippen LogP) is -2.57. The number of aliphatic hydroxyl groups is 1. The molecule has 3 N–H and O–H groups in total. The molecule has 1 amide bonds. The van der Waals surface area contributed by atoms with Gasteiger partial charge >= 0.3 is 40.2 Å². The van der Waals surface area contributed by atoms with Crippen molar-refractivity contribution in [3.8, 4) is 0 Å². The number of rotatable bonds is 12. The van der Waals surface area contributed by atoms with Crippen LogP contribution in [0, 0.1) is 0 Å². The maximum atomic E-state index is 12.2. The molecule has 2 heterocycles. The van der Waals surface area contributed by atoms with Crippen LogP contribution in [-0.4, -0.2) is 128 Å². The van der Waals surface area contributed by atoms with Crippen LogP contribution in [0.25, 0.3) is 0 Å². The molecule has 0 saturated carbocycles. The molecule has 45 heavy (non-hydrogen) atoms. The molecular formula is C24H35NO19S. The topological polar surface area (TPSA) is 272 Å². The van der Waals surface area contributed by atoms with Gasteiger partial charge in [0.25, 0.3) is 0 Å². The molecule has 2 rings (SSSR count). The molecule has 2 saturated heterocycles. The number of amides is 1. The number of nitrogens with one attached hydrogen (secondary N) is 1. The lowest BCUT2D eigenvalue weighted by atomic mass is 9.94. The minimum Gasteiger partial charge on any atom is -0.457 e. The molecule has 10 atom stereocenters. The van der Waals surface area contributed by atoms with Crippen LogP contribution >= 0.6 is 0 Å². The highest BCUT2D eigenvalue weighted by Crippen LogP contribution is 2.34. The van der Waals surface area contributed by atoms with Crippen molar-refractivity contribution < 1.29 is 88.9 Å². The molecule has 0 spiro atoms. The first kappa shape index (κ1) is 37.7. The number of hydrogen-bond acceptors (Lipinski definition) is 18. The number of hydrogen-bond donors (Lipinski definition) is 3. The second kappa shape index (κ2) is 16.2. The highest BCUT2D eigenvalue weighted by molar-refractivity contribution is 7.80. The number of esters is 5. The Morgan fingerprint density at radius 1 is 0.644 bits per heavy atom. The van der Waals surface area contributed by atoms with Gasteiger partial charge < -0.3 is 48.3 Å². The Bertz CT molecular complexity index is 1220. The van der Waals surface area contributed by atoms with E-state index in [0.29, 0.717) is 0 Å². The number of carbonyl (C=O) groups is 6. The van der Waals surface area contributed by atoms with Gasteiger partial charge in [0, 0.05) is 41.5 Å². The molecule has 0 aliphatic carbocycles. The van der Waals surface area contributed by atoms with Gasteiger partial charge in [0.1, 0.15) is 24.4 Å². The van der Waals surface area contributed by atoms with Crippen molar-refractivity contribution in [2.75, 3.05) is 13.2 Å². The van der Waals surface area contributed by atoms with Crippen LogP contribution < -0.4 is 5.32 Å². The van der Waals surface area contributed by atoms with Gasteiger partial charge in [-0.2, -0.15) is 8.42 Å². The van der Waals surface area contributed by atoms with Crippen molar-refractivity contribution in [1.29, 1.82) is 0 Å². The zero-order chi connectivity index (χ0) is 34.2. The van der Waals surface area contributed by atoms with Gasteiger partial charge in [-0.05, 0) is 0 Å². The van der Waals surface area contributed by atoms with Crippen molar-refractivity contribution >= 4 is 46.2 Å². The zero-order valence-electron chi connectivity index (χ0n) is 24.9. The van der Waals surface area contributed by atoms with Crippen LogP contribution in [0.5, 0.6) is 0 Å². The number of aliphatic hydroxyl groups excluding tert-OH is 1. The smallest absolute Gasteiger partial charge is 0.397 e. The minimum atomic E-state index is -5.11. The molecule has 0 aromatic carbocycles. The maximum absolute atomic E-state index is 12.2. The van der Waals surface area contributed by atoms with E-state index in [4.69, 9.17) is 42.4 Å².